The number of hydrogen-bond donors (Lipinski definition) is 1. The van der Waals surface area contributed by atoms with Crippen molar-refractivity contribution in [2.75, 3.05) is 0 Å². The molecule has 0 aliphatic carbocycles. The van der Waals surface area contributed by atoms with Crippen molar-refractivity contribution < 1.29 is 18.9 Å². The van der Waals surface area contributed by atoms with E-state index in [4.69, 9.17) is 16.1 Å². The van der Waals surface area contributed by atoms with Gasteiger partial charge >= 0.3 is 0 Å². The van der Waals surface area contributed by atoms with Crippen LogP contribution in [0.5, 0.6) is 0 Å². The van der Waals surface area contributed by atoms with Crippen molar-refractivity contribution >= 4 is 17.3 Å². The minimum absolute atomic E-state index is 0.103. The van der Waals surface area contributed by atoms with Gasteiger partial charge in [0.1, 0.15) is 11.5 Å². The van der Waals surface area contributed by atoms with Gasteiger partial charge in [-0.2, -0.15) is 0 Å². The molecule has 1 aromatic heterocycles. The lowest BCUT2D eigenvalue weighted by atomic mass is 10.0. The molecule has 0 aliphatic rings. The lowest BCUT2D eigenvalue weighted by Crippen LogP contribution is -1.92. The third kappa shape index (κ3) is 2.86. The van der Waals surface area contributed by atoms with Gasteiger partial charge in [-0.05, 0) is 18.2 Å². The predicted molar refractivity (Wildman–Crippen MR) is 84.9 cm³/mol. The molecule has 24 heavy (non-hydrogen) atoms. The Hall–Kier alpha value is -2.77. The van der Waals surface area contributed by atoms with Crippen molar-refractivity contribution in [2.24, 2.45) is 0 Å². The Morgan fingerprint density at radius 2 is 2.08 bits per heavy atom. The average Bonchev–Trinajstić information content (AvgIpc) is 2.98. The number of hydrogen-bond acceptors (Lipinski definition) is 5. The summed E-state index contributed by atoms with van der Waals surface area (Å²) in [7, 11) is 0. The van der Waals surface area contributed by atoms with Crippen molar-refractivity contribution in [3.63, 3.8) is 0 Å². The number of nitrogens with zero attached hydrogens (tertiary/aromatic N) is 2. The van der Waals surface area contributed by atoms with Crippen molar-refractivity contribution in [1.29, 1.82) is 0 Å². The average molecular weight is 349 g/mol. The molecule has 0 atom stereocenters. The molecule has 0 amide bonds. The van der Waals surface area contributed by atoms with Crippen molar-refractivity contribution in [3.8, 4) is 22.6 Å². The van der Waals surface area contributed by atoms with Crippen LogP contribution in [0.4, 0.5) is 10.1 Å². The first-order chi connectivity index (χ1) is 11.5. The van der Waals surface area contributed by atoms with Crippen LogP contribution in [-0.2, 0) is 6.61 Å². The molecular weight excluding hydrogens is 339 g/mol. The van der Waals surface area contributed by atoms with E-state index >= 15 is 0 Å². The predicted octanol–water partition coefficient (Wildman–Crippen LogP) is 4.20. The summed E-state index contributed by atoms with van der Waals surface area (Å²) in [6.07, 6.45) is 0. The van der Waals surface area contributed by atoms with Crippen LogP contribution in [0, 0.1) is 15.9 Å². The summed E-state index contributed by atoms with van der Waals surface area (Å²) < 4.78 is 18.5. The topological polar surface area (TPSA) is 89.4 Å². The highest BCUT2D eigenvalue weighted by atomic mass is 35.5. The smallest absolute Gasteiger partial charge is 0.270 e. The lowest BCUT2D eigenvalue weighted by molar-refractivity contribution is -0.384. The van der Waals surface area contributed by atoms with E-state index in [0.717, 1.165) is 6.07 Å². The van der Waals surface area contributed by atoms with Crippen LogP contribution in [0.2, 0.25) is 5.02 Å². The van der Waals surface area contributed by atoms with Gasteiger partial charge in [-0.15, -0.1) is 0 Å². The zero-order chi connectivity index (χ0) is 17.3. The van der Waals surface area contributed by atoms with Crippen LogP contribution in [0.25, 0.3) is 22.6 Å². The van der Waals surface area contributed by atoms with Crippen LogP contribution in [-0.4, -0.2) is 15.2 Å². The van der Waals surface area contributed by atoms with Crippen LogP contribution >= 0.6 is 11.6 Å². The molecule has 0 radical (unpaired) electrons. The van der Waals surface area contributed by atoms with Crippen LogP contribution in [0.15, 0.2) is 47.0 Å². The summed E-state index contributed by atoms with van der Waals surface area (Å²) in [5.41, 5.74) is 1.24. The fourth-order valence-electron chi connectivity index (χ4n) is 2.33. The fourth-order valence-corrected chi connectivity index (χ4v) is 2.59. The molecule has 3 aromatic rings. The number of non-ortho nitro benzene ring substituents is 1. The lowest BCUT2D eigenvalue weighted by Gasteiger charge is -2.03. The molecular formula is C16H10ClFN2O4. The number of nitro groups is 1. The van der Waals surface area contributed by atoms with Gasteiger partial charge in [-0.1, -0.05) is 28.9 Å². The van der Waals surface area contributed by atoms with Gasteiger partial charge in [0, 0.05) is 23.3 Å². The maximum Gasteiger partial charge on any atom is 0.270 e. The maximum atomic E-state index is 13.2. The Morgan fingerprint density at radius 1 is 1.29 bits per heavy atom. The molecule has 0 bridgehead atoms. The molecule has 6 nitrogen and oxygen atoms in total. The minimum atomic E-state index is -0.528. The molecule has 8 heteroatoms. The SMILES string of the molecule is O=[N+]([O-])c1cccc(-c2noc(-c3ccc(F)cc3Cl)c2CO)c1. The number of halogens is 2. The second-order valence-electron chi connectivity index (χ2n) is 4.93. The summed E-state index contributed by atoms with van der Waals surface area (Å²) in [4.78, 5) is 10.4. The van der Waals surface area contributed by atoms with Gasteiger partial charge in [0.05, 0.1) is 22.1 Å². The number of rotatable bonds is 4. The monoisotopic (exact) mass is 348 g/mol. The van der Waals surface area contributed by atoms with E-state index in [1.807, 2.05) is 0 Å². The molecule has 122 valence electrons. The van der Waals surface area contributed by atoms with Gasteiger partial charge in [0.15, 0.2) is 5.76 Å². The quantitative estimate of drug-likeness (QED) is 0.563. The highest BCUT2D eigenvalue weighted by Crippen LogP contribution is 2.36. The molecule has 3 rings (SSSR count). The van der Waals surface area contributed by atoms with Crippen molar-refractivity contribution in [1.82, 2.24) is 5.16 Å². The summed E-state index contributed by atoms with van der Waals surface area (Å²) >= 11 is 6.02. The van der Waals surface area contributed by atoms with Crippen LogP contribution in [0.3, 0.4) is 0 Å². The Morgan fingerprint density at radius 3 is 2.75 bits per heavy atom. The van der Waals surface area contributed by atoms with Gasteiger partial charge in [-0.3, -0.25) is 10.1 Å². The molecule has 0 aliphatic heterocycles. The maximum absolute atomic E-state index is 13.2. The largest absolute Gasteiger partial charge is 0.391 e. The minimum Gasteiger partial charge on any atom is -0.391 e. The van der Waals surface area contributed by atoms with Gasteiger partial charge in [0.25, 0.3) is 5.69 Å². The normalized spacial score (nSPS) is 10.8. The molecule has 0 unspecified atom stereocenters. The van der Waals surface area contributed by atoms with E-state index in [9.17, 15) is 19.6 Å². The highest BCUT2D eigenvalue weighted by molar-refractivity contribution is 6.33. The second-order valence-corrected chi connectivity index (χ2v) is 5.34. The summed E-state index contributed by atoms with van der Waals surface area (Å²) in [5.74, 6) is -0.322. The van der Waals surface area contributed by atoms with Crippen molar-refractivity contribution in [3.05, 3.63) is 69.0 Å². The van der Waals surface area contributed by atoms with E-state index in [1.165, 1.54) is 30.3 Å². The molecule has 0 spiro atoms. The van der Waals surface area contributed by atoms with E-state index in [0.29, 0.717) is 16.7 Å². The first-order valence-electron chi connectivity index (χ1n) is 6.81. The number of aliphatic hydroxyl groups is 1. The zero-order valence-electron chi connectivity index (χ0n) is 12.1. The first-order valence-corrected chi connectivity index (χ1v) is 7.18. The number of benzene rings is 2. The number of nitro benzene ring substituents is 1. The van der Waals surface area contributed by atoms with Gasteiger partial charge < -0.3 is 9.63 Å². The van der Waals surface area contributed by atoms with Crippen LogP contribution < -0.4 is 0 Å². The summed E-state index contributed by atoms with van der Waals surface area (Å²) in [5, 5.41) is 24.6. The van der Waals surface area contributed by atoms with E-state index in [-0.39, 0.29) is 22.2 Å². The fraction of sp³-hybridized carbons (Fsp3) is 0.0625. The van der Waals surface area contributed by atoms with E-state index < -0.39 is 17.3 Å². The third-order valence-electron chi connectivity index (χ3n) is 3.45. The standard InChI is InChI=1S/C16H10ClFN2O4/c17-14-7-10(18)4-5-12(14)16-13(8-21)15(19-24-16)9-2-1-3-11(6-9)20(22)23/h1-7,21H,8H2. The van der Waals surface area contributed by atoms with Gasteiger partial charge in [0.2, 0.25) is 0 Å². The Bertz CT molecular complexity index is 926. The van der Waals surface area contributed by atoms with Crippen LogP contribution in [0.1, 0.15) is 5.56 Å². The molecule has 1 heterocycles. The third-order valence-corrected chi connectivity index (χ3v) is 3.77. The zero-order valence-corrected chi connectivity index (χ0v) is 12.8. The molecule has 1 N–H and O–H groups in total. The Labute approximate surface area is 140 Å². The van der Waals surface area contributed by atoms with E-state index in [1.54, 1.807) is 6.07 Å². The van der Waals surface area contributed by atoms with Crippen molar-refractivity contribution in [2.45, 2.75) is 6.61 Å². The first kappa shape index (κ1) is 16.1. The Balaban J connectivity index is 2.14. The Kier molecular flexibility index (Phi) is 4.28. The second kappa shape index (κ2) is 6.38. The van der Waals surface area contributed by atoms with E-state index in [2.05, 4.69) is 5.16 Å². The number of aromatic nitrogens is 1. The molecule has 0 saturated carbocycles. The highest BCUT2D eigenvalue weighted by Gasteiger charge is 2.21. The summed E-state index contributed by atoms with van der Waals surface area (Å²) in [6.45, 7) is -0.426. The molecule has 0 saturated heterocycles. The molecule has 0 fully saturated rings. The van der Waals surface area contributed by atoms with Gasteiger partial charge in [-0.25, -0.2) is 4.39 Å². The number of aliphatic hydroxyl groups excluding tert-OH is 1. The summed E-state index contributed by atoms with van der Waals surface area (Å²) in [6, 6.07) is 9.53. The molecule has 2 aromatic carbocycles.